The fourth-order valence-corrected chi connectivity index (χ4v) is 4.91. The third-order valence-corrected chi connectivity index (χ3v) is 7.02. The third kappa shape index (κ3) is 7.16. The van der Waals surface area contributed by atoms with Crippen molar-refractivity contribution in [3.8, 4) is 16.9 Å². The molecule has 1 saturated heterocycles. The van der Waals surface area contributed by atoms with E-state index in [0.29, 0.717) is 13.1 Å². The molecule has 1 atom stereocenters. The predicted octanol–water partition coefficient (Wildman–Crippen LogP) is 4.23. The lowest BCUT2D eigenvalue weighted by Crippen LogP contribution is -2.44. The van der Waals surface area contributed by atoms with E-state index in [1.165, 1.54) is 10.4 Å². The molecule has 2 N–H and O–H groups in total. The van der Waals surface area contributed by atoms with Gasteiger partial charge in [-0.05, 0) is 67.1 Å². The molecule has 3 aromatic rings. The van der Waals surface area contributed by atoms with Crippen LogP contribution in [0.4, 0.5) is 0 Å². The van der Waals surface area contributed by atoms with Crippen LogP contribution in [0.5, 0.6) is 5.75 Å². The van der Waals surface area contributed by atoms with Crippen molar-refractivity contribution < 1.29 is 14.6 Å². The Labute approximate surface area is 200 Å². The first-order valence-corrected chi connectivity index (χ1v) is 12.5. The first-order chi connectivity index (χ1) is 16.2. The molecule has 174 valence electrons. The molecule has 4 rings (SSSR count). The SMILES string of the molecule is O=C(NCCc1cccs1)C1CCN(CC(O)COc2ccc(-c3ccccc3)cc2)CC1. The summed E-state index contributed by atoms with van der Waals surface area (Å²) in [5.74, 6) is 0.988. The molecule has 1 fully saturated rings. The van der Waals surface area contributed by atoms with Gasteiger partial charge in [0.1, 0.15) is 18.5 Å². The van der Waals surface area contributed by atoms with Gasteiger partial charge in [0.25, 0.3) is 0 Å². The van der Waals surface area contributed by atoms with Gasteiger partial charge in [0, 0.05) is 23.9 Å². The van der Waals surface area contributed by atoms with Crippen LogP contribution in [0, 0.1) is 5.92 Å². The molecule has 0 aliphatic carbocycles. The smallest absolute Gasteiger partial charge is 0.223 e. The molecule has 0 bridgehead atoms. The topological polar surface area (TPSA) is 61.8 Å². The van der Waals surface area contributed by atoms with E-state index in [-0.39, 0.29) is 18.4 Å². The Morgan fingerprint density at radius 3 is 2.45 bits per heavy atom. The Bertz CT molecular complexity index is 968. The minimum Gasteiger partial charge on any atom is -0.491 e. The van der Waals surface area contributed by atoms with Crippen molar-refractivity contribution >= 4 is 17.2 Å². The van der Waals surface area contributed by atoms with Crippen LogP contribution in [0.3, 0.4) is 0 Å². The number of β-amino-alcohol motifs (C(OH)–C–C–N with tert-alkyl or cyclic N) is 1. The normalized spacial score (nSPS) is 15.8. The molecule has 2 heterocycles. The third-order valence-electron chi connectivity index (χ3n) is 6.08. The molecule has 0 saturated carbocycles. The minimum atomic E-state index is -0.560. The summed E-state index contributed by atoms with van der Waals surface area (Å²) in [5.41, 5.74) is 2.31. The van der Waals surface area contributed by atoms with E-state index in [1.807, 2.05) is 48.5 Å². The van der Waals surface area contributed by atoms with Gasteiger partial charge in [-0.15, -0.1) is 11.3 Å². The van der Waals surface area contributed by atoms with Crippen LogP contribution in [-0.4, -0.2) is 54.8 Å². The highest BCUT2D eigenvalue weighted by molar-refractivity contribution is 7.09. The first kappa shape index (κ1) is 23.5. The molecule has 5 nitrogen and oxygen atoms in total. The van der Waals surface area contributed by atoms with Crippen LogP contribution in [0.2, 0.25) is 0 Å². The lowest BCUT2D eigenvalue weighted by atomic mass is 9.95. The van der Waals surface area contributed by atoms with Crippen LogP contribution in [0.25, 0.3) is 11.1 Å². The predicted molar refractivity (Wildman–Crippen MR) is 134 cm³/mol. The van der Waals surface area contributed by atoms with Gasteiger partial charge in [0.2, 0.25) is 5.91 Å². The van der Waals surface area contributed by atoms with Crippen molar-refractivity contribution in [2.45, 2.75) is 25.4 Å². The summed E-state index contributed by atoms with van der Waals surface area (Å²) in [6, 6.07) is 22.3. The number of hydrogen-bond acceptors (Lipinski definition) is 5. The number of hydrogen-bond donors (Lipinski definition) is 2. The zero-order valence-electron chi connectivity index (χ0n) is 18.9. The number of nitrogens with zero attached hydrogens (tertiary/aromatic N) is 1. The monoisotopic (exact) mass is 464 g/mol. The van der Waals surface area contributed by atoms with E-state index < -0.39 is 6.10 Å². The molecule has 33 heavy (non-hydrogen) atoms. The Hall–Kier alpha value is -2.67. The standard InChI is InChI=1S/C27H32N2O3S/c30-24(20-32-25-10-8-22(9-11-25)21-5-2-1-3-6-21)19-29-16-13-23(14-17-29)27(31)28-15-12-26-7-4-18-33-26/h1-11,18,23-24,30H,12-17,19-20H2,(H,28,31). The maximum absolute atomic E-state index is 12.4. The first-order valence-electron chi connectivity index (χ1n) is 11.7. The van der Waals surface area contributed by atoms with Crippen LogP contribution in [-0.2, 0) is 11.2 Å². The van der Waals surface area contributed by atoms with Crippen LogP contribution >= 0.6 is 11.3 Å². The molecule has 6 heteroatoms. The fraction of sp³-hybridized carbons (Fsp3) is 0.370. The Morgan fingerprint density at radius 2 is 1.76 bits per heavy atom. The van der Waals surface area contributed by atoms with E-state index in [1.54, 1.807) is 11.3 Å². The van der Waals surface area contributed by atoms with Gasteiger partial charge >= 0.3 is 0 Å². The van der Waals surface area contributed by atoms with Gasteiger partial charge in [-0.3, -0.25) is 4.79 Å². The molecule has 1 aromatic heterocycles. The minimum absolute atomic E-state index is 0.0705. The summed E-state index contributed by atoms with van der Waals surface area (Å²) in [5, 5.41) is 15.6. The van der Waals surface area contributed by atoms with Crippen molar-refractivity contribution in [3.63, 3.8) is 0 Å². The van der Waals surface area contributed by atoms with Gasteiger partial charge in [-0.2, -0.15) is 0 Å². The van der Waals surface area contributed by atoms with Crippen molar-refractivity contribution in [2.75, 3.05) is 32.8 Å². The van der Waals surface area contributed by atoms with Crippen molar-refractivity contribution in [1.29, 1.82) is 0 Å². The average Bonchev–Trinajstić information content (AvgIpc) is 3.38. The van der Waals surface area contributed by atoms with Gasteiger partial charge < -0.3 is 20.1 Å². The van der Waals surface area contributed by atoms with E-state index in [4.69, 9.17) is 4.74 Å². The van der Waals surface area contributed by atoms with Crippen LogP contribution < -0.4 is 10.1 Å². The summed E-state index contributed by atoms with van der Waals surface area (Å²) in [6.45, 7) is 3.17. The summed E-state index contributed by atoms with van der Waals surface area (Å²) in [4.78, 5) is 16.0. The highest BCUT2D eigenvalue weighted by atomic mass is 32.1. The summed E-state index contributed by atoms with van der Waals surface area (Å²) < 4.78 is 5.79. The quantitative estimate of drug-likeness (QED) is 0.472. The number of piperidine rings is 1. The zero-order chi connectivity index (χ0) is 22.9. The molecular weight excluding hydrogens is 432 g/mol. The van der Waals surface area contributed by atoms with Gasteiger partial charge in [-0.1, -0.05) is 48.5 Å². The highest BCUT2D eigenvalue weighted by Crippen LogP contribution is 2.22. The Balaban J connectivity index is 1.13. The Kier molecular flexibility index (Phi) is 8.53. The maximum atomic E-state index is 12.4. The molecule has 2 aromatic carbocycles. The number of aliphatic hydroxyl groups excluding tert-OH is 1. The number of carbonyl (C=O) groups excluding carboxylic acids is 1. The molecule has 1 aliphatic heterocycles. The largest absolute Gasteiger partial charge is 0.491 e. The number of likely N-dealkylation sites (tertiary alicyclic amines) is 1. The van der Waals surface area contributed by atoms with Crippen LogP contribution in [0.1, 0.15) is 17.7 Å². The second kappa shape index (κ2) is 12.0. The lowest BCUT2D eigenvalue weighted by molar-refractivity contribution is -0.126. The zero-order valence-corrected chi connectivity index (χ0v) is 19.7. The number of rotatable bonds is 10. The number of aliphatic hydroxyl groups is 1. The van der Waals surface area contributed by atoms with Crippen molar-refractivity contribution in [1.82, 2.24) is 10.2 Å². The molecule has 0 radical (unpaired) electrons. The van der Waals surface area contributed by atoms with E-state index in [9.17, 15) is 9.90 Å². The summed E-state index contributed by atoms with van der Waals surface area (Å²) >= 11 is 1.73. The van der Waals surface area contributed by atoms with Crippen molar-refractivity contribution in [2.24, 2.45) is 5.92 Å². The molecule has 1 aliphatic rings. The number of amides is 1. The van der Waals surface area contributed by atoms with Gasteiger partial charge in [-0.25, -0.2) is 0 Å². The van der Waals surface area contributed by atoms with E-state index in [2.05, 4.69) is 33.8 Å². The second-order valence-electron chi connectivity index (χ2n) is 8.55. The highest BCUT2D eigenvalue weighted by Gasteiger charge is 2.25. The van der Waals surface area contributed by atoms with Gasteiger partial charge in [0.05, 0.1) is 0 Å². The van der Waals surface area contributed by atoms with E-state index >= 15 is 0 Å². The number of thiophene rings is 1. The average molecular weight is 465 g/mol. The molecule has 1 amide bonds. The summed E-state index contributed by atoms with van der Waals surface area (Å²) in [6.07, 6.45) is 2.00. The number of carbonyl (C=O) groups is 1. The second-order valence-corrected chi connectivity index (χ2v) is 9.58. The van der Waals surface area contributed by atoms with E-state index in [0.717, 1.165) is 43.7 Å². The van der Waals surface area contributed by atoms with Crippen LogP contribution in [0.15, 0.2) is 72.1 Å². The molecule has 0 spiro atoms. The molecular formula is C27H32N2O3S. The Morgan fingerprint density at radius 1 is 1.03 bits per heavy atom. The molecule has 1 unspecified atom stereocenters. The summed E-state index contributed by atoms with van der Waals surface area (Å²) in [7, 11) is 0. The number of ether oxygens (including phenoxy) is 1. The maximum Gasteiger partial charge on any atom is 0.223 e. The van der Waals surface area contributed by atoms with Crippen molar-refractivity contribution in [3.05, 3.63) is 77.0 Å². The number of nitrogens with one attached hydrogen (secondary N) is 1. The van der Waals surface area contributed by atoms with Gasteiger partial charge in [0.15, 0.2) is 0 Å². The fourth-order valence-electron chi connectivity index (χ4n) is 4.20. The lowest BCUT2D eigenvalue weighted by Gasteiger charge is -2.32. The number of benzene rings is 2.